The summed E-state index contributed by atoms with van der Waals surface area (Å²) in [6.07, 6.45) is -5.98. The van der Waals surface area contributed by atoms with Crippen molar-refractivity contribution >= 4 is 47.8 Å². The van der Waals surface area contributed by atoms with Gasteiger partial charge in [0.05, 0.1) is 34.0 Å². The summed E-state index contributed by atoms with van der Waals surface area (Å²) in [5.74, 6) is -4.71. The fourth-order valence-corrected chi connectivity index (χ4v) is 15.7. The molecule has 13 fully saturated rings. The van der Waals surface area contributed by atoms with Crippen LogP contribution in [0.3, 0.4) is 0 Å². The zero-order chi connectivity index (χ0) is 74.5. The van der Waals surface area contributed by atoms with Gasteiger partial charge in [0.25, 0.3) is 0 Å². The smallest absolute Gasteiger partial charge is 0.425 e. The van der Waals surface area contributed by atoms with Crippen LogP contribution in [0.2, 0.25) is 0 Å². The molecule has 0 N–H and O–H groups in total. The Bertz CT molecular complexity index is 2810. The van der Waals surface area contributed by atoms with Gasteiger partial charge in [-0.05, 0) is 202 Å². The van der Waals surface area contributed by atoms with Crippen molar-refractivity contribution in [2.75, 3.05) is 0 Å². The molecule has 7 aliphatic carbocycles. The lowest BCUT2D eigenvalue weighted by Gasteiger charge is -2.59. The fraction of sp³-hybridized carbons (Fsp3) is 0.890. The average Bonchev–Trinajstić information content (AvgIpc) is 1.60. The lowest BCUT2D eigenvalue weighted by molar-refractivity contribution is -0.252. The molecule has 0 aromatic rings. The summed E-state index contributed by atoms with van der Waals surface area (Å²) < 4.78 is 154. The van der Waals surface area contributed by atoms with Crippen molar-refractivity contribution in [2.24, 2.45) is 57.7 Å². The largest absolute Gasteiger partial charge is 0.459 e. The summed E-state index contributed by atoms with van der Waals surface area (Å²) in [5, 5.41) is 0. The van der Waals surface area contributed by atoms with Crippen LogP contribution in [0.1, 0.15) is 245 Å². The summed E-state index contributed by atoms with van der Waals surface area (Å²) in [5.41, 5.74) is -2.16. The fourth-order valence-electron chi connectivity index (χ4n) is 15.7. The van der Waals surface area contributed by atoms with Gasteiger partial charge in [-0.3, -0.25) is 28.8 Å². The molecule has 0 radical (unpaired) electrons. The molecule has 28 heteroatoms. The van der Waals surface area contributed by atoms with Crippen molar-refractivity contribution < 1.29 is 131 Å². The first-order valence-corrected chi connectivity index (χ1v) is 36.9. The van der Waals surface area contributed by atoms with Crippen LogP contribution < -0.4 is 0 Å². The molecule has 6 saturated heterocycles. The molecule has 7 saturated carbocycles. The van der Waals surface area contributed by atoms with E-state index < -0.39 is 156 Å². The third-order valence-electron chi connectivity index (χ3n) is 24.4. The van der Waals surface area contributed by atoms with E-state index in [-0.39, 0.29) is 85.8 Å². The Morgan fingerprint density at radius 1 is 0.495 bits per heavy atom. The van der Waals surface area contributed by atoms with Crippen LogP contribution in [0, 0.1) is 57.7 Å². The average molecular weight is 1450 g/mol. The molecule has 22 nitrogen and oxygen atoms in total. The highest BCUT2D eigenvalue weighted by Gasteiger charge is 2.69. The molecule has 0 aromatic carbocycles. The van der Waals surface area contributed by atoms with Crippen LogP contribution in [0.25, 0.3) is 0 Å². The van der Waals surface area contributed by atoms with E-state index >= 15 is 0 Å². The van der Waals surface area contributed by atoms with E-state index in [1.807, 2.05) is 41.5 Å². The van der Waals surface area contributed by atoms with Crippen LogP contribution in [-0.2, 0) is 105 Å². The Kier molecular flexibility index (Phi) is 24.2. The molecule has 13 atom stereocenters. The standard InChI is InChI=1S/2C22H29F3O9.C16H26O2.C13H24O2/c2*1-5-20(3,4)19(28)32-14-12-13(30-17(14)27)15-18(31-12)34-21(33-15)8-6-11(7-9-21)16(26)29-10(2)22(23,24)25;1-4-10(2)15(17)18-16(3)13-6-11-5-12(8-13)9-14(16)7-11;1-5-12(3,4)11(14)15-13(6-2)9-7-8-10-13/h2*10-15,18H,5-9H2,1-4H3;10-14H,4-9H2,1-3H3;5-10H2,1-4H3/t2*10?,11?,12-,13-,14-,15+,18+,21?;;/m00../s1. The molecule has 13 rings (SSSR count). The van der Waals surface area contributed by atoms with E-state index in [2.05, 4.69) is 30.2 Å². The van der Waals surface area contributed by atoms with Gasteiger partial charge in [0.1, 0.15) is 23.4 Å². The second-order valence-electron chi connectivity index (χ2n) is 32.5. The second-order valence-corrected chi connectivity index (χ2v) is 32.5. The number of carbonyl (C=O) groups excluding carboxylic acids is 8. The van der Waals surface area contributed by atoms with Gasteiger partial charge in [-0.25, -0.2) is 9.59 Å². The van der Waals surface area contributed by atoms with Gasteiger partial charge >= 0.3 is 60.1 Å². The van der Waals surface area contributed by atoms with Crippen molar-refractivity contribution in [3.05, 3.63) is 0 Å². The van der Waals surface area contributed by atoms with Crippen molar-refractivity contribution in [3.63, 3.8) is 0 Å². The van der Waals surface area contributed by atoms with Gasteiger partial charge in [0, 0.05) is 25.7 Å². The molecule has 101 heavy (non-hydrogen) atoms. The van der Waals surface area contributed by atoms with Crippen molar-refractivity contribution in [2.45, 2.75) is 354 Å². The highest BCUT2D eigenvalue weighted by Crippen LogP contribution is 2.60. The first-order chi connectivity index (χ1) is 47.0. The third-order valence-corrected chi connectivity index (χ3v) is 24.4. The maximum atomic E-state index is 12.7. The Labute approximate surface area is 588 Å². The molecule has 3 unspecified atom stereocenters. The number of ether oxygens (including phenoxy) is 14. The molecule has 6 heterocycles. The number of hydrogen-bond donors (Lipinski definition) is 0. The monoisotopic (exact) mass is 1450 g/mol. The van der Waals surface area contributed by atoms with E-state index in [4.69, 9.17) is 56.8 Å². The lowest BCUT2D eigenvalue weighted by Crippen LogP contribution is -2.58. The van der Waals surface area contributed by atoms with Crippen molar-refractivity contribution in [1.82, 2.24) is 0 Å². The number of halogens is 6. The number of hydrogen-bond acceptors (Lipinski definition) is 22. The zero-order valence-corrected chi connectivity index (χ0v) is 61.3. The summed E-state index contributed by atoms with van der Waals surface area (Å²) in [6, 6.07) is 0. The van der Waals surface area contributed by atoms with E-state index in [1.54, 1.807) is 27.7 Å². The first kappa shape index (κ1) is 80.2. The zero-order valence-electron chi connectivity index (χ0n) is 61.3. The maximum absolute atomic E-state index is 12.7. The minimum absolute atomic E-state index is 0.0197. The van der Waals surface area contributed by atoms with Crippen LogP contribution >= 0.6 is 0 Å². The Balaban J connectivity index is 0.000000166. The molecule has 4 bridgehead atoms. The van der Waals surface area contributed by atoms with Gasteiger partial charge in [-0.1, -0.05) is 41.5 Å². The molecule has 6 aliphatic heterocycles. The normalized spacial score (nSPS) is 37.2. The Morgan fingerprint density at radius 2 is 0.861 bits per heavy atom. The Hall–Kier alpha value is -4.90. The Morgan fingerprint density at radius 3 is 1.20 bits per heavy atom. The van der Waals surface area contributed by atoms with E-state index in [0.29, 0.717) is 24.7 Å². The quantitative estimate of drug-likeness (QED) is 0.0744. The van der Waals surface area contributed by atoms with Crippen LogP contribution in [0.15, 0.2) is 0 Å². The minimum Gasteiger partial charge on any atom is -0.459 e. The van der Waals surface area contributed by atoms with Crippen molar-refractivity contribution in [1.29, 1.82) is 0 Å². The van der Waals surface area contributed by atoms with E-state index in [9.17, 15) is 64.7 Å². The van der Waals surface area contributed by atoms with E-state index in [1.165, 1.54) is 44.9 Å². The number of rotatable bonds is 17. The van der Waals surface area contributed by atoms with Crippen LogP contribution in [0.4, 0.5) is 26.3 Å². The molecular weight excluding hydrogens is 1340 g/mol. The van der Waals surface area contributed by atoms with E-state index in [0.717, 1.165) is 57.8 Å². The highest BCUT2D eigenvalue weighted by molar-refractivity contribution is 5.85. The summed E-state index contributed by atoms with van der Waals surface area (Å²) in [7, 11) is 0. The minimum atomic E-state index is -4.62. The summed E-state index contributed by atoms with van der Waals surface area (Å²) in [6.45, 7) is 26.5. The van der Waals surface area contributed by atoms with Crippen LogP contribution in [0.5, 0.6) is 0 Å². The number of carbonyl (C=O) groups is 8. The molecule has 13 aliphatic rings. The lowest BCUT2D eigenvalue weighted by atomic mass is 9.50. The molecule has 2 spiro atoms. The van der Waals surface area contributed by atoms with Gasteiger partial charge < -0.3 is 66.3 Å². The van der Waals surface area contributed by atoms with Crippen molar-refractivity contribution in [3.8, 4) is 0 Å². The molecular formula is C73H108F6O22. The van der Waals surface area contributed by atoms with Gasteiger partial charge in [-0.15, -0.1) is 0 Å². The summed E-state index contributed by atoms with van der Waals surface area (Å²) in [4.78, 5) is 98.0. The number of fused-ring (bicyclic) bond motifs is 6. The van der Waals surface area contributed by atoms with Gasteiger partial charge in [-0.2, -0.15) is 26.3 Å². The maximum Gasteiger partial charge on any atom is 0.425 e. The summed E-state index contributed by atoms with van der Waals surface area (Å²) >= 11 is 0. The topological polar surface area (TPSA) is 266 Å². The SMILES string of the molecule is CCC(C)(C)C(=O)O[C@@H]1C(=O)O[C@@H]2[C@H]3OC4(CCC(C(=O)OC(C)C(F)(F)F)CC4)O[C@H]3O[C@@H]21.CCC(C)(C)C(=O)O[C@@H]1C(=O)O[C@@H]2[C@H]3OC4(CCC(C(=O)OC(C)C(F)(F)F)CC4)O[C@H]3O[C@@H]21.CCC(C)C(=O)OC1(C)C2CC3CC(C2)CC1C3.CCC1(OC(=O)C(C)(C)CC)CCCC1. The third kappa shape index (κ3) is 17.3. The predicted molar refractivity (Wildman–Crippen MR) is 342 cm³/mol. The first-order valence-electron chi connectivity index (χ1n) is 36.9. The second kappa shape index (κ2) is 30.5. The van der Waals surface area contributed by atoms with Crippen LogP contribution in [-0.4, -0.2) is 157 Å². The predicted octanol–water partition coefficient (Wildman–Crippen LogP) is 13.0. The molecule has 0 aromatic heterocycles. The van der Waals surface area contributed by atoms with Gasteiger partial charge in [0.2, 0.25) is 12.2 Å². The molecule has 0 amide bonds. The van der Waals surface area contributed by atoms with Gasteiger partial charge in [0.15, 0.2) is 60.8 Å². The number of alkyl halides is 6. The number of esters is 8. The molecule has 574 valence electrons. The highest BCUT2D eigenvalue weighted by atomic mass is 19.4.